The van der Waals surface area contributed by atoms with E-state index in [1.54, 1.807) is 11.3 Å². The Bertz CT molecular complexity index is 826. The summed E-state index contributed by atoms with van der Waals surface area (Å²) in [4.78, 5) is 25.6. The third kappa shape index (κ3) is 6.84. The number of rotatable bonds is 4. The lowest BCUT2D eigenvalue weighted by molar-refractivity contribution is 0.0919. The third-order valence-electron chi connectivity index (χ3n) is 4.39. The molecule has 1 aliphatic rings. The Balaban J connectivity index is 0.00000300. The average molecular weight is 528 g/mol. The lowest BCUT2D eigenvalue weighted by Gasteiger charge is -2.35. The summed E-state index contributed by atoms with van der Waals surface area (Å²) in [5.41, 5.74) is 7.54. The van der Waals surface area contributed by atoms with Crippen molar-refractivity contribution in [3.8, 4) is 0 Å². The van der Waals surface area contributed by atoms with Crippen molar-refractivity contribution < 1.29 is 4.79 Å². The van der Waals surface area contributed by atoms with E-state index in [1.807, 2.05) is 56.6 Å². The molecule has 1 fully saturated rings. The summed E-state index contributed by atoms with van der Waals surface area (Å²) in [5, 5.41) is 6.03. The molecular weight excluding hydrogens is 499 g/mol. The largest absolute Gasteiger partial charge is 0.370 e. The van der Waals surface area contributed by atoms with Crippen molar-refractivity contribution in [3.05, 3.63) is 47.0 Å². The fourth-order valence-electron chi connectivity index (χ4n) is 2.99. The number of anilines is 1. The monoisotopic (exact) mass is 528 g/mol. The zero-order valence-electron chi connectivity index (χ0n) is 17.1. The number of nitrogens with one attached hydrogen (secondary N) is 1. The van der Waals surface area contributed by atoms with E-state index in [0.29, 0.717) is 18.1 Å². The van der Waals surface area contributed by atoms with Gasteiger partial charge < -0.3 is 20.9 Å². The second-order valence-electron chi connectivity index (χ2n) is 7.87. The minimum absolute atomic E-state index is 0. The number of piperazine rings is 1. The average Bonchev–Trinajstić information content (AvgIpc) is 3.20. The minimum atomic E-state index is -0.267. The molecule has 7 nitrogen and oxygen atoms in total. The molecule has 0 bridgehead atoms. The van der Waals surface area contributed by atoms with E-state index in [9.17, 15) is 4.79 Å². The first kappa shape index (κ1) is 23.4. The summed E-state index contributed by atoms with van der Waals surface area (Å²) in [5.74, 6) is 0.466. The molecule has 0 aliphatic carbocycles. The second-order valence-corrected chi connectivity index (χ2v) is 8.74. The van der Waals surface area contributed by atoms with Crippen molar-refractivity contribution in [1.29, 1.82) is 0 Å². The molecule has 1 aromatic carbocycles. The summed E-state index contributed by atoms with van der Waals surface area (Å²) in [7, 11) is 0. The third-order valence-corrected chi connectivity index (χ3v) is 5.23. The molecule has 1 amide bonds. The number of halogens is 1. The molecular formula is C20H29IN6OS. The highest BCUT2D eigenvalue weighted by Crippen LogP contribution is 2.18. The van der Waals surface area contributed by atoms with Crippen LogP contribution in [0.3, 0.4) is 0 Å². The molecule has 0 unspecified atom stereocenters. The number of benzene rings is 1. The van der Waals surface area contributed by atoms with Crippen LogP contribution < -0.4 is 16.0 Å². The molecule has 0 radical (unpaired) electrons. The Morgan fingerprint density at radius 3 is 2.62 bits per heavy atom. The number of carbonyl (C=O) groups is 1. The van der Waals surface area contributed by atoms with Gasteiger partial charge in [-0.2, -0.15) is 0 Å². The number of carbonyl (C=O) groups excluding carboxylic acids is 1. The summed E-state index contributed by atoms with van der Waals surface area (Å²) >= 11 is 1.66. The predicted octanol–water partition coefficient (Wildman–Crippen LogP) is 2.93. The summed E-state index contributed by atoms with van der Waals surface area (Å²) in [6.07, 6.45) is 1.83. The number of guanidine groups is 1. The van der Waals surface area contributed by atoms with Crippen LogP contribution in [0.2, 0.25) is 0 Å². The van der Waals surface area contributed by atoms with Gasteiger partial charge in [0.25, 0.3) is 5.91 Å². The maximum absolute atomic E-state index is 12.3. The maximum Gasteiger partial charge on any atom is 0.251 e. The summed E-state index contributed by atoms with van der Waals surface area (Å²) in [6, 6.07) is 7.53. The number of hydrogen-bond acceptors (Lipinski definition) is 5. The van der Waals surface area contributed by atoms with Crippen LogP contribution in [0.25, 0.3) is 0 Å². The van der Waals surface area contributed by atoms with E-state index < -0.39 is 0 Å². The molecule has 29 heavy (non-hydrogen) atoms. The van der Waals surface area contributed by atoms with Crippen molar-refractivity contribution in [2.24, 2.45) is 10.7 Å². The van der Waals surface area contributed by atoms with Gasteiger partial charge in [0.15, 0.2) is 11.1 Å². The standard InChI is InChI=1S/C20H28N6OS.HI/c1-20(2,3)24-17(27)16-6-4-5-15(13-16)14-23-18(21)25-8-10-26(11-9-25)19-22-7-12-28-19;/h4-7,12-13H,8-11,14H2,1-3H3,(H2,21,23)(H,24,27);1H. The van der Waals surface area contributed by atoms with Crippen molar-refractivity contribution >= 4 is 52.3 Å². The zero-order valence-corrected chi connectivity index (χ0v) is 20.2. The molecule has 0 spiro atoms. The molecule has 3 N–H and O–H groups in total. The van der Waals surface area contributed by atoms with Crippen LogP contribution >= 0.6 is 35.3 Å². The van der Waals surface area contributed by atoms with E-state index >= 15 is 0 Å². The van der Waals surface area contributed by atoms with E-state index in [-0.39, 0.29) is 35.4 Å². The number of amides is 1. The first-order chi connectivity index (χ1) is 13.3. The first-order valence-electron chi connectivity index (χ1n) is 9.42. The highest BCUT2D eigenvalue weighted by atomic mass is 127. The van der Waals surface area contributed by atoms with Crippen molar-refractivity contribution in [2.75, 3.05) is 31.1 Å². The van der Waals surface area contributed by atoms with Crippen LogP contribution in [0.1, 0.15) is 36.7 Å². The molecule has 0 saturated carbocycles. The molecule has 3 rings (SSSR count). The van der Waals surface area contributed by atoms with Crippen molar-refractivity contribution in [3.63, 3.8) is 0 Å². The Morgan fingerprint density at radius 1 is 1.28 bits per heavy atom. The lowest BCUT2D eigenvalue weighted by Crippen LogP contribution is -2.51. The normalized spacial score (nSPS) is 15.1. The fraction of sp³-hybridized carbons (Fsp3) is 0.450. The highest BCUT2D eigenvalue weighted by Gasteiger charge is 2.20. The van der Waals surface area contributed by atoms with Crippen LogP contribution in [0.4, 0.5) is 5.13 Å². The van der Waals surface area contributed by atoms with Gasteiger partial charge in [-0.05, 0) is 38.5 Å². The lowest BCUT2D eigenvalue weighted by atomic mass is 10.1. The molecule has 1 saturated heterocycles. The minimum Gasteiger partial charge on any atom is -0.370 e. The second kappa shape index (κ2) is 10.2. The molecule has 1 aromatic heterocycles. The predicted molar refractivity (Wildman–Crippen MR) is 130 cm³/mol. The van der Waals surface area contributed by atoms with Gasteiger partial charge in [0.1, 0.15) is 0 Å². The van der Waals surface area contributed by atoms with Gasteiger partial charge in [-0.3, -0.25) is 4.79 Å². The van der Waals surface area contributed by atoms with Gasteiger partial charge in [0, 0.05) is 48.9 Å². The Kier molecular flexibility index (Phi) is 8.26. The zero-order chi connectivity index (χ0) is 20.1. The van der Waals surface area contributed by atoms with Crippen molar-refractivity contribution in [2.45, 2.75) is 32.9 Å². The number of nitrogens with two attached hydrogens (primary N) is 1. The number of aliphatic imine (C=N–C) groups is 1. The topological polar surface area (TPSA) is 86.8 Å². The van der Waals surface area contributed by atoms with Gasteiger partial charge in [-0.1, -0.05) is 12.1 Å². The van der Waals surface area contributed by atoms with Gasteiger partial charge in [-0.15, -0.1) is 35.3 Å². The van der Waals surface area contributed by atoms with Crippen LogP contribution in [0.5, 0.6) is 0 Å². The Morgan fingerprint density at radius 2 is 2.00 bits per heavy atom. The fourth-order valence-corrected chi connectivity index (χ4v) is 3.69. The smallest absolute Gasteiger partial charge is 0.251 e. The van der Waals surface area contributed by atoms with Crippen molar-refractivity contribution in [1.82, 2.24) is 15.2 Å². The molecule has 0 atom stereocenters. The van der Waals surface area contributed by atoms with Crippen LogP contribution in [-0.2, 0) is 6.54 Å². The summed E-state index contributed by atoms with van der Waals surface area (Å²) < 4.78 is 0. The molecule has 9 heteroatoms. The van der Waals surface area contributed by atoms with Crippen LogP contribution in [0, 0.1) is 0 Å². The Hall–Kier alpha value is -1.88. The molecule has 2 aromatic rings. The van der Waals surface area contributed by atoms with E-state index in [0.717, 1.165) is 36.9 Å². The highest BCUT2D eigenvalue weighted by molar-refractivity contribution is 14.0. The van der Waals surface area contributed by atoms with Crippen LogP contribution in [0.15, 0.2) is 40.8 Å². The number of nitrogens with zero attached hydrogens (tertiary/aromatic N) is 4. The van der Waals surface area contributed by atoms with Gasteiger partial charge in [-0.25, -0.2) is 9.98 Å². The maximum atomic E-state index is 12.3. The molecule has 158 valence electrons. The SMILES string of the molecule is CC(C)(C)NC(=O)c1cccc(CN=C(N)N2CCN(c3nccs3)CC2)c1.I. The number of aromatic nitrogens is 1. The number of thiazole rings is 1. The Labute approximate surface area is 193 Å². The first-order valence-corrected chi connectivity index (χ1v) is 10.3. The van der Waals surface area contributed by atoms with Gasteiger partial charge in [0.05, 0.1) is 6.54 Å². The van der Waals surface area contributed by atoms with Gasteiger partial charge in [0.2, 0.25) is 0 Å². The van der Waals surface area contributed by atoms with E-state index in [4.69, 9.17) is 5.73 Å². The molecule has 2 heterocycles. The number of hydrogen-bond donors (Lipinski definition) is 2. The summed E-state index contributed by atoms with van der Waals surface area (Å²) in [6.45, 7) is 9.76. The molecule has 1 aliphatic heterocycles. The van der Waals surface area contributed by atoms with E-state index in [1.165, 1.54) is 0 Å². The van der Waals surface area contributed by atoms with Crippen LogP contribution in [-0.4, -0.2) is 53.5 Å². The van der Waals surface area contributed by atoms with Gasteiger partial charge >= 0.3 is 0 Å². The quantitative estimate of drug-likeness (QED) is 0.362. The van der Waals surface area contributed by atoms with E-state index in [2.05, 4.69) is 25.1 Å².